The number of nitrogens with one attached hydrogen (secondary N) is 1. The van der Waals surface area contributed by atoms with Crippen LogP contribution in [0, 0.1) is 0 Å². The Morgan fingerprint density at radius 1 is 1.43 bits per heavy atom. The molecule has 3 heterocycles. The van der Waals surface area contributed by atoms with Crippen molar-refractivity contribution in [2.75, 3.05) is 37.8 Å². The molecule has 0 aromatic carbocycles. The summed E-state index contributed by atoms with van der Waals surface area (Å²) in [6, 6.07) is -0.251. The maximum Gasteiger partial charge on any atom is 0.226 e. The lowest BCUT2D eigenvalue weighted by Gasteiger charge is -2.25. The average Bonchev–Trinajstić information content (AvgIpc) is 3.06. The third kappa shape index (κ3) is 4.97. The Morgan fingerprint density at radius 2 is 2.22 bits per heavy atom. The van der Waals surface area contributed by atoms with Crippen molar-refractivity contribution in [2.24, 2.45) is 0 Å². The molecule has 2 saturated heterocycles. The quantitative estimate of drug-likeness (QED) is 0.785. The number of amides is 1. The number of carbonyl (C=O) groups excluding carboxylic acids is 1. The third-order valence-corrected chi connectivity index (χ3v) is 6.65. The standard InChI is InChI=1S/C14H21N3O4S2/c18-13(15-11-1-6-23(19,20)10-11)7-12-9-22-14(16-12)8-17-2-4-21-5-3-17/h9,11H,1-8,10H2,(H,15,18). The fraction of sp³-hybridized carbons (Fsp3) is 0.714. The highest BCUT2D eigenvalue weighted by atomic mass is 32.2. The number of ether oxygens (including phenoxy) is 1. The van der Waals surface area contributed by atoms with Crippen LogP contribution in [0.3, 0.4) is 0 Å². The normalized spacial score (nSPS) is 24.6. The van der Waals surface area contributed by atoms with Crippen LogP contribution in [-0.2, 0) is 32.3 Å². The van der Waals surface area contributed by atoms with Crippen molar-refractivity contribution in [3.05, 3.63) is 16.1 Å². The van der Waals surface area contributed by atoms with Crippen molar-refractivity contribution in [3.8, 4) is 0 Å². The van der Waals surface area contributed by atoms with E-state index < -0.39 is 9.84 Å². The lowest BCUT2D eigenvalue weighted by molar-refractivity contribution is -0.121. The Labute approximate surface area is 140 Å². The number of aromatic nitrogens is 1. The first-order valence-corrected chi connectivity index (χ1v) is 10.4. The molecular weight excluding hydrogens is 338 g/mol. The van der Waals surface area contributed by atoms with Gasteiger partial charge in [0, 0.05) is 24.5 Å². The minimum absolute atomic E-state index is 0.0537. The summed E-state index contributed by atoms with van der Waals surface area (Å²) < 4.78 is 28.1. The van der Waals surface area contributed by atoms with Gasteiger partial charge in [-0.1, -0.05) is 0 Å². The largest absolute Gasteiger partial charge is 0.379 e. The lowest BCUT2D eigenvalue weighted by Crippen LogP contribution is -2.36. The monoisotopic (exact) mass is 359 g/mol. The van der Waals surface area contributed by atoms with Crippen molar-refractivity contribution in [2.45, 2.75) is 25.4 Å². The minimum Gasteiger partial charge on any atom is -0.379 e. The summed E-state index contributed by atoms with van der Waals surface area (Å²) in [6.45, 7) is 4.11. The molecule has 1 N–H and O–H groups in total. The Bertz CT molecular complexity index is 653. The number of thiazole rings is 1. The lowest BCUT2D eigenvalue weighted by atomic mass is 10.2. The molecule has 3 rings (SSSR count). The summed E-state index contributed by atoms with van der Waals surface area (Å²) in [5.74, 6) is 0.0616. The molecule has 2 aliphatic heterocycles. The number of rotatable bonds is 5. The Kier molecular flexibility index (Phi) is 5.30. The molecule has 2 aliphatic rings. The molecule has 1 amide bonds. The van der Waals surface area contributed by atoms with Crippen molar-refractivity contribution in [3.63, 3.8) is 0 Å². The molecule has 7 nitrogen and oxygen atoms in total. The van der Waals surface area contributed by atoms with Crippen LogP contribution in [0.4, 0.5) is 0 Å². The van der Waals surface area contributed by atoms with E-state index in [1.165, 1.54) is 0 Å². The Balaban J connectivity index is 1.47. The summed E-state index contributed by atoms with van der Waals surface area (Å²) in [7, 11) is -2.97. The third-order valence-electron chi connectivity index (χ3n) is 4.00. The molecular formula is C14H21N3O4S2. The number of morpholine rings is 1. The van der Waals surface area contributed by atoms with Gasteiger partial charge in [-0.2, -0.15) is 0 Å². The van der Waals surface area contributed by atoms with Gasteiger partial charge in [-0.15, -0.1) is 11.3 Å². The van der Waals surface area contributed by atoms with Crippen LogP contribution in [0.15, 0.2) is 5.38 Å². The summed E-state index contributed by atoms with van der Waals surface area (Å²) in [5.41, 5.74) is 0.747. The van der Waals surface area contributed by atoms with Crippen LogP contribution in [0.5, 0.6) is 0 Å². The molecule has 1 aromatic rings. The van der Waals surface area contributed by atoms with Crippen molar-refractivity contribution >= 4 is 27.1 Å². The zero-order valence-electron chi connectivity index (χ0n) is 12.9. The van der Waals surface area contributed by atoms with Gasteiger partial charge in [0.15, 0.2) is 9.84 Å². The Hall–Kier alpha value is -1.03. The summed E-state index contributed by atoms with van der Waals surface area (Å²) in [6.07, 6.45) is 0.712. The first-order chi connectivity index (χ1) is 11.0. The molecule has 0 bridgehead atoms. The van der Waals surface area contributed by atoms with Gasteiger partial charge in [-0.3, -0.25) is 9.69 Å². The first-order valence-electron chi connectivity index (χ1n) is 7.73. The van der Waals surface area contributed by atoms with E-state index in [1.807, 2.05) is 5.38 Å². The molecule has 9 heteroatoms. The molecule has 1 unspecified atom stereocenters. The van der Waals surface area contributed by atoms with E-state index in [9.17, 15) is 13.2 Å². The highest BCUT2D eigenvalue weighted by molar-refractivity contribution is 7.91. The van der Waals surface area contributed by atoms with Crippen molar-refractivity contribution in [1.82, 2.24) is 15.2 Å². The molecule has 23 heavy (non-hydrogen) atoms. The molecule has 1 atom stereocenters. The van der Waals surface area contributed by atoms with E-state index in [0.29, 0.717) is 6.42 Å². The highest BCUT2D eigenvalue weighted by Gasteiger charge is 2.28. The second kappa shape index (κ2) is 7.25. The molecule has 0 saturated carbocycles. The van der Waals surface area contributed by atoms with Gasteiger partial charge in [0.2, 0.25) is 5.91 Å². The number of hydrogen-bond donors (Lipinski definition) is 1. The van der Waals surface area contributed by atoms with Crippen LogP contribution in [-0.4, -0.2) is 68.1 Å². The van der Waals surface area contributed by atoms with E-state index in [2.05, 4.69) is 15.2 Å². The topological polar surface area (TPSA) is 88.6 Å². The maximum atomic E-state index is 12.0. The summed E-state index contributed by atoms with van der Waals surface area (Å²) in [4.78, 5) is 18.8. The molecule has 1 aromatic heterocycles. The minimum atomic E-state index is -2.97. The van der Waals surface area contributed by atoms with Crippen LogP contribution in [0.25, 0.3) is 0 Å². The second-order valence-corrected chi connectivity index (χ2v) is 9.14. The van der Waals surface area contributed by atoms with Crippen molar-refractivity contribution in [1.29, 1.82) is 0 Å². The van der Waals surface area contributed by atoms with Gasteiger partial charge in [-0.25, -0.2) is 13.4 Å². The summed E-state index contributed by atoms with van der Waals surface area (Å²) >= 11 is 1.56. The zero-order chi connectivity index (χ0) is 16.3. The van der Waals surface area contributed by atoms with Crippen LogP contribution >= 0.6 is 11.3 Å². The maximum absolute atomic E-state index is 12.0. The smallest absolute Gasteiger partial charge is 0.226 e. The molecule has 0 radical (unpaired) electrons. The van der Waals surface area contributed by atoms with E-state index >= 15 is 0 Å². The van der Waals surface area contributed by atoms with Gasteiger partial charge in [0.25, 0.3) is 0 Å². The van der Waals surface area contributed by atoms with E-state index in [0.717, 1.165) is 43.5 Å². The average molecular weight is 359 g/mol. The van der Waals surface area contributed by atoms with E-state index in [-0.39, 0.29) is 29.9 Å². The number of nitrogens with zero attached hydrogens (tertiary/aromatic N) is 2. The fourth-order valence-electron chi connectivity index (χ4n) is 2.81. The molecule has 0 spiro atoms. The van der Waals surface area contributed by atoms with Gasteiger partial charge in [-0.05, 0) is 6.42 Å². The van der Waals surface area contributed by atoms with Gasteiger partial charge in [0.05, 0.1) is 43.4 Å². The van der Waals surface area contributed by atoms with Gasteiger partial charge >= 0.3 is 0 Å². The van der Waals surface area contributed by atoms with Crippen LogP contribution in [0.1, 0.15) is 17.1 Å². The predicted octanol–water partition coefficient (Wildman–Crippen LogP) is -0.179. The van der Waals surface area contributed by atoms with E-state index in [1.54, 1.807) is 11.3 Å². The van der Waals surface area contributed by atoms with E-state index in [4.69, 9.17) is 4.74 Å². The predicted molar refractivity (Wildman–Crippen MR) is 87.1 cm³/mol. The van der Waals surface area contributed by atoms with Crippen LogP contribution in [0.2, 0.25) is 0 Å². The van der Waals surface area contributed by atoms with Gasteiger partial charge < -0.3 is 10.1 Å². The van der Waals surface area contributed by atoms with Gasteiger partial charge in [0.1, 0.15) is 5.01 Å². The number of sulfone groups is 1. The van der Waals surface area contributed by atoms with Crippen molar-refractivity contribution < 1.29 is 17.9 Å². The fourth-order valence-corrected chi connectivity index (χ4v) is 5.31. The van der Waals surface area contributed by atoms with Crippen LogP contribution < -0.4 is 5.32 Å². The molecule has 2 fully saturated rings. The number of hydrogen-bond acceptors (Lipinski definition) is 7. The highest BCUT2D eigenvalue weighted by Crippen LogP contribution is 2.15. The first kappa shape index (κ1) is 16.8. The second-order valence-electron chi connectivity index (χ2n) is 5.97. The molecule has 128 valence electrons. The summed E-state index contributed by atoms with van der Waals surface area (Å²) in [5, 5.41) is 5.69. The number of carbonyl (C=O) groups is 1. The SMILES string of the molecule is O=C(Cc1csc(CN2CCOCC2)n1)NC1CCS(=O)(=O)C1. The Morgan fingerprint density at radius 3 is 2.91 bits per heavy atom. The zero-order valence-corrected chi connectivity index (χ0v) is 14.5. The molecule has 0 aliphatic carbocycles.